The molecule has 1 saturated carbocycles. The number of rotatable bonds is 8. The van der Waals surface area contributed by atoms with Gasteiger partial charge in [-0.15, -0.1) is 0 Å². The van der Waals surface area contributed by atoms with Crippen LogP contribution in [-0.4, -0.2) is 70.7 Å². The predicted octanol–water partition coefficient (Wildman–Crippen LogP) is 2.24. The van der Waals surface area contributed by atoms with Gasteiger partial charge in [-0.25, -0.2) is 9.97 Å². The number of nitrogens with zero attached hydrogens (tertiary/aromatic N) is 8. The first kappa shape index (κ1) is 26.1. The molecule has 1 aliphatic carbocycles. The summed E-state index contributed by atoms with van der Waals surface area (Å²) in [6.07, 6.45) is 13.5. The van der Waals surface area contributed by atoms with Crippen molar-refractivity contribution in [3.05, 3.63) is 65.9 Å². The molecule has 4 aromatic heterocycles. The van der Waals surface area contributed by atoms with E-state index in [4.69, 9.17) is 5.73 Å². The predicted molar refractivity (Wildman–Crippen MR) is 158 cm³/mol. The maximum absolute atomic E-state index is 13.6. The second-order valence-corrected chi connectivity index (χ2v) is 11.3. The number of carbonyl (C=O) groups is 2. The molecule has 0 bridgehead atoms. The number of hydrogen-bond donors (Lipinski definition) is 3. The van der Waals surface area contributed by atoms with Crippen molar-refractivity contribution in [2.24, 2.45) is 12.8 Å². The molecule has 5 heterocycles. The van der Waals surface area contributed by atoms with E-state index in [9.17, 15) is 9.59 Å². The fourth-order valence-electron chi connectivity index (χ4n) is 5.83. The van der Waals surface area contributed by atoms with Gasteiger partial charge in [-0.05, 0) is 44.7 Å². The zero-order chi connectivity index (χ0) is 29.0. The zero-order valence-corrected chi connectivity index (χ0v) is 23.6. The van der Waals surface area contributed by atoms with E-state index in [1.165, 1.54) is 19.2 Å². The van der Waals surface area contributed by atoms with Crippen molar-refractivity contribution in [1.29, 1.82) is 0 Å². The topological polar surface area (TPSA) is 153 Å². The Labute approximate surface area is 241 Å². The molecule has 1 saturated heterocycles. The van der Waals surface area contributed by atoms with E-state index in [1.807, 2.05) is 42.9 Å². The van der Waals surface area contributed by atoms with Crippen molar-refractivity contribution < 1.29 is 9.59 Å². The van der Waals surface area contributed by atoms with Crippen molar-refractivity contribution in [1.82, 2.24) is 39.0 Å². The normalized spacial score (nSPS) is 16.0. The minimum absolute atomic E-state index is 0.178. The molecule has 2 fully saturated rings. The van der Waals surface area contributed by atoms with Gasteiger partial charge in [0, 0.05) is 61.9 Å². The van der Waals surface area contributed by atoms with E-state index in [0.29, 0.717) is 40.8 Å². The first-order valence-corrected chi connectivity index (χ1v) is 14.3. The van der Waals surface area contributed by atoms with Crippen LogP contribution in [0.25, 0.3) is 16.6 Å². The number of aryl methyl sites for hydroxylation is 2. The SMILES string of the molecule is Cc1cn2cc(NC(=O)c3ccc(N4CCC(NC5CC5)CC4)c4cn(C)nc34)nc2c(Cn2cnc(C(N)=O)c2)n1. The lowest BCUT2D eigenvalue weighted by Crippen LogP contribution is -2.43. The van der Waals surface area contributed by atoms with Crippen LogP contribution in [-0.2, 0) is 13.6 Å². The number of amides is 2. The van der Waals surface area contributed by atoms with E-state index >= 15 is 0 Å². The standard InChI is InChI=1S/C29H33N11O2/c1-17-11-40-15-25(34-28(40)23(32-17)14-38-13-22(27(30)41)31-16-38)35-29(42)20-5-6-24(21-12-37(2)36-26(20)21)39-9-7-19(8-10-39)33-18-3-4-18/h5-6,11-13,15-16,18-19,33H,3-4,7-10,14H2,1-2H3,(H2,30,41)(H,35,42). The van der Waals surface area contributed by atoms with Gasteiger partial charge in [0.15, 0.2) is 11.5 Å². The fraction of sp³-hybridized carbons (Fsp3) is 0.379. The summed E-state index contributed by atoms with van der Waals surface area (Å²) in [6, 6.07) is 5.20. The van der Waals surface area contributed by atoms with Crippen molar-refractivity contribution >= 4 is 39.9 Å². The molecular weight excluding hydrogens is 534 g/mol. The van der Waals surface area contributed by atoms with E-state index in [2.05, 4.69) is 35.6 Å². The third-order valence-corrected chi connectivity index (χ3v) is 7.98. The van der Waals surface area contributed by atoms with Gasteiger partial charge in [-0.1, -0.05) is 0 Å². The highest BCUT2D eigenvalue weighted by atomic mass is 16.2. The van der Waals surface area contributed by atoms with Crippen molar-refractivity contribution in [3.63, 3.8) is 0 Å². The number of carbonyl (C=O) groups excluding carboxylic acids is 2. The summed E-state index contributed by atoms with van der Waals surface area (Å²) in [5, 5.41) is 12.3. The maximum atomic E-state index is 13.6. The van der Waals surface area contributed by atoms with Crippen LogP contribution in [0.4, 0.5) is 11.5 Å². The minimum atomic E-state index is -0.595. The molecule has 2 aliphatic rings. The average molecular weight is 568 g/mol. The van der Waals surface area contributed by atoms with Gasteiger partial charge in [0.1, 0.15) is 16.9 Å². The largest absolute Gasteiger partial charge is 0.371 e. The molecule has 42 heavy (non-hydrogen) atoms. The summed E-state index contributed by atoms with van der Waals surface area (Å²) in [6.45, 7) is 4.16. The van der Waals surface area contributed by atoms with Crippen LogP contribution in [0.5, 0.6) is 0 Å². The van der Waals surface area contributed by atoms with Gasteiger partial charge < -0.3 is 30.2 Å². The van der Waals surface area contributed by atoms with Gasteiger partial charge in [-0.3, -0.25) is 19.3 Å². The third kappa shape index (κ3) is 5.07. The number of piperidine rings is 1. The Balaban J connectivity index is 1.12. The molecule has 1 aromatic carbocycles. The van der Waals surface area contributed by atoms with Gasteiger partial charge in [-0.2, -0.15) is 5.10 Å². The highest BCUT2D eigenvalue weighted by Crippen LogP contribution is 2.32. The number of fused-ring (bicyclic) bond motifs is 2. The van der Waals surface area contributed by atoms with Crippen molar-refractivity contribution in [2.75, 3.05) is 23.3 Å². The van der Waals surface area contributed by atoms with E-state index in [1.54, 1.807) is 21.6 Å². The van der Waals surface area contributed by atoms with Crippen molar-refractivity contribution in [3.8, 4) is 0 Å². The molecule has 13 heteroatoms. The molecule has 0 spiro atoms. The highest BCUT2D eigenvalue weighted by Gasteiger charge is 2.28. The van der Waals surface area contributed by atoms with Gasteiger partial charge >= 0.3 is 0 Å². The zero-order valence-electron chi connectivity index (χ0n) is 23.6. The third-order valence-electron chi connectivity index (χ3n) is 7.98. The first-order chi connectivity index (χ1) is 20.3. The quantitative estimate of drug-likeness (QED) is 0.258. The molecule has 7 rings (SSSR count). The average Bonchev–Trinajstić information content (AvgIpc) is 3.29. The summed E-state index contributed by atoms with van der Waals surface area (Å²) in [4.78, 5) is 40.8. The second kappa shape index (κ2) is 10.2. The number of benzene rings is 1. The monoisotopic (exact) mass is 567 g/mol. The molecule has 4 N–H and O–H groups in total. The van der Waals surface area contributed by atoms with E-state index in [-0.39, 0.29) is 11.6 Å². The molecule has 2 amide bonds. The molecule has 0 atom stereocenters. The Morgan fingerprint density at radius 3 is 2.55 bits per heavy atom. The number of nitrogens with one attached hydrogen (secondary N) is 2. The number of aromatic nitrogens is 7. The number of primary amides is 1. The molecular formula is C29H33N11O2. The van der Waals surface area contributed by atoms with Crippen LogP contribution in [0.3, 0.4) is 0 Å². The number of imidazole rings is 2. The lowest BCUT2D eigenvalue weighted by Gasteiger charge is -2.34. The number of hydrogen-bond acceptors (Lipinski definition) is 8. The van der Waals surface area contributed by atoms with Gasteiger partial charge in [0.2, 0.25) is 0 Å². The Hall–Kier alpha value is -4.78. The molecule has 13 nitrogen and oxygen atoms in total. The first-order valence-electron chi connectivity index (χ1n) is 14.3. The smallest absolute Gasteiger partial charge is 0.268 e. The van der Waals surface area contributed by atoms with Crippen LogP contribution in [0.1, 0.15) is 57.9 Å². The van der Waals surface area contributed by atoms with E-state index in [0.717, 1.165) is 48.7 Å². The minimum Gasteiger partial charge on any atom is -0.371 e. The van der Waals surface area contributed by atoms with Gasteiger partial charge in [0.05, 0.1) is 30.3 Å². The van der Waals surface area contributed by atoms with Crippen LogP contribution >= 0.6 is 0 Å². The fourth-order valence-corrected chi connectivity index (χ4v) is 5.83. The Kier molecular flexibility index (Phi) is 6.38. The van der Waals surface area contributed by atoms with Crippen LogP contribution in [0, 0.1) is 6.92 Å². The van der Waals surface area contributed by atoms with Crippen molar-refractivity contribution in [2.45, 2.75) is 51.2 Å². The summed E-state index contributed by atoms with van der Waals surface area (Å²) in [5.74, 6) is -0.480. The lowest BCUT2D eigenvalue weighted by molar-refractivity contribution is 0.0993. The van der Waals surface area contributed by atoms with E-state index < -0.39 is 5.91 Å². The summed E-state index contributed by atoms with van der Waals surface area (Å²) in [7, 11) is 1.88. The van der Waals surface area contributed by atoms with Crippen LogP contribution < -0.4 is 21.3 Å². The molecule has 216 valence electrons. The highest BCUT2D eigenvalue weighted by molar-refractivity contribution is 6.13. The summed E-state index contributed by atoms with van der Waals surface area (Å²) >= 11 is 0. The molecule has 0 unspecified atom stereocenters. The summed E-state index contributed by atoms with van der Waals surface area (Å²) in [5.41, 5.74) is 9.81. The summed E-state index contributed by atoms with van der Waals surface area (Å²) < 4.78 is 5.32. The Bertz CT molecular complexity index is 1820. The number of anilines is 2. The Morgan fingerprint density at radius 2 is 1.81 bits per heavy atom. The van der Waals surface area contributed by atoms with Crippen LogP contribution in [0.15, 0.2) is 43.2 Å². The van der Waals surface area contributed by atoms with Crippen LogP contribution in [0.2, 0.25) is 0 Å². The molecule has 5 aromatic rings. The Morgan fingerprint density at radius 1 is 1.02 bits per heavy atom. The lowest BCUT2D eigenvalue weighted by atomic mass is 10.0. The number of nitrogens with two attached hydrogens (primary N) is 1. The maximum Gasteiger partial charge on any atom is 0.268 e. The second-order valence-electron chi connectivity index (χ2n) is 11.3. The molecule has 1 aliphatic heterocycles. The molecule has 0 radical (unpaired) electrons. The van der Waals surface area contributed by atoms with Gasteiger partial charge in [0.25, 0.3) is 11.8 Å².